The van der Waals surface area contributed by atoms with E-state index in [1.807, 2.05) is 18.9 Å². The van der Waals surface area contributed by atoms with Crippen molar-refractivity contribution in [3.63, 3.8) is 0 Å². The topological polar surface area (TPSA) is 40.6 Å². The molecule has 0 aromatic carbocycles. The van der Waals surface area contributed by atoms with Gasteiger partial charge in [0.1, 0.15) is 0 Å². The highest BCUT2D eigenvalue weighted by Crippen LogP contribution is 2.29. The highest BCUT2D eigenvalue weighted by atomic mass is 32.1. The molecule has 0 radical (unpaired) electrons. The fourth-order valence-electron chi connectivity index (χ4n) is 2.59. The Bertz CT molecular complexity index is 343. The molecule has 96 valence electrons. The Hall–Kier alpha value is -0.710. The van der Waals surface area contributed by atoms with E-state index in [4.69, 9.17) is 0 Å². The number of carbonyl (C=O) groups excluding carboxylic acids is 2. The predicted octanol–water partition coefficient (Wildman–Crippen LogP) is 0.776. The van der Waals surface area contributed by atoms with Crippen LogP contribution in [0.15, 0.2) is 0 Å². The third-order valence-electron chi connectivity index (χ3n) is 3.90. The summed E-state index contributed by atoms with van der Waals surface area (Å²) in [4.78, 5) is 27.3. The first-order valence-corrected chi connectivity index (χ1v) is 6.63. The van der Waals surface area contributed by atoms with E-state index >= 15 is 0 Å². The number of amides is 2. The van der Waals surface area contributed by atoms with Crippen molar-refractivity contribution >= 4 is 24.4 Å². The summed E-state index contributed by atoms with van der Waals surface area (Å²) >= 11 is 4.37. The number of nitrogens with zero attached hydrogens (tertiary/aromatic N) is 2. The molecule has 2 fully saturated rings. The van der Waals surface area contributed by atoms with Gasteiger partial charge in [0.2, 0.25) is 11.8 Å². The third-order valence-corrected chi connectivity index (χ3v) is 4.32. The van der Waals surface area contributed by atoms with Crippen molar-refractivity contribution in [3.8, 4) is 0 Å². The second-order valence-electron chi connectivity index (χ2n) is 5.35. The van der Waals surface area contributed by atoms with E-state index in [0.717, 1.165) is 32.4 Å². The molecule has 2 atom stereocenters. The molecule has 0 aliphatic carbocycles. The minimum Gasteiger partial charge on any atom is -0.345 e. The quantitative estimate of drug-likeness (QED) is 0.758. The largest absolute Gasteiger partial charge is 0.345 e. The van der Waals surface area contributed by atoms with Crippen LogP contribution in [0.2, 0.25) is 0 Å². The lowest BCUT2D eigenvalue weighted by molar-refractivity contribution is -0.132. The van der Waals surface area contributed by atoms with E-state index in [2.05, 4.69) is 12.6 Å². The normalized spacial score (nSPS) is 33.9. The smallest absolute Gasteiger partial charge is 0.238 e. The lowest BCUT2D eigenvalue weighted by atomic mass is 10.0. The third kappa shape index (κ3) is 2.44. The molecule has 4 nitrogen and oxygen atoms in total. The molecular formula is C12H20N2O2S. The number of hydrogen-bond donors (Lipinski definition) is 1. The van der Waals surface area contributed by atoms with Crippen molar-refractivity contribution in [1.29, 1.82) is 0 Å². The van der Waals surface area contributed by atoms with Gasteiger partial charge in [-0.25, -0.2) is 0 Å². The minimum atomic E-state index is -0.503. The first-order chi connectivity index (χ1) is 7.92. The lowest BCUT2D eigenvalue weighted by Gasteiger charge is -2.20. The number of likely N-dealkylation sites (tertiary alicyclic amines) is 2. The van der Waals surface area contributed by atoms with Crippen molar-refractivity contribution in [1.82, 2.24) is 9.80 Å². The van der Waals surface area contributed by atoms with Gasteiger partial charge in [0.15, 0.2) is 0 Å². The van der Waals surface area contributed by atoms with Gasteiger partial charge in [-0.3, -0.25) is 9.59 Å². The highest BCUT2D eigenvalue weighted by Gasteiger charge is 2.40. The molecule has 5 heteroatoms. The van der Waals surface area contributed by atoms with Crippen molar-refractivity contribution in [2.75, 3.05) is 26.7 Å². The van der Waals surface area contributed by atoms with E-state index in [1.165, 1.54) is 0 Å². The molecule has 0 N–H and O–H groups in total. The summed E-state index contributed by atoms with van der Waals surface area (Å²) < 4.78 is -0.503. The molecule has 0 spiro atoms. The summed E-state index contributed by atoms with van der Waals surface area (Å²) in [5.74, 6) is 0.449. The van der Waals surface area contributed by atoms with Crippen LogP contribution in [-0.4, -0.2) is 53.0 Å². The molecule has 2 rings (SSSR count). The molecule has 0 bridgehead atoms. The Kier molecular flexibility index (Phi) is 3.39. The molecular weight excluding hydrogens is 236 g/mol. The van der Waals surface area contributed by atoms with Crippen LogP contribution in [0.1, 0.15) is 26.2 Å². The maximum Gasteiger partial charge on any atom is 0.238 e. The van der Waals surface area contributed by atoms with Crippen LogP contribution in [-0.2, 0) is 9.59 Å². The molecule has 2 aliphatic heterocycles. The average Bonchev–Trinajstić information content (AvgIpc) is 2.71. The van der Waals surface area contributed by atoms with Crippen LogP contribution in [0.5, 0.6) is 0 Å². The van der Waals surface area contributed by atoms with Gasteiger partial charge in [-0.1, -0.05) is 0 Å². The van der Waals surface area contributed by atoms with E-state index in [0.29, 0.717) is 6.54 Å². The maximum atomic E-state index is 11.9. The SMILES string of the molecule is CN1CCC(CCN2CCC(C)(S)C2=O)C1=O. The van der Waals surface area contributed by atoms with Crippen LogP contribution in [0.3, 0.4) is 0 Å². The molecule has 2 amide bonds. The lowest BCUT2D eigenvalue weighted by Crippen LogP contribution is -2.35. The number of carbonyl (C=O) groups is 2. The number of thiol groups is 1. The Morgan fingerprint density at radius 3 is 2.59 bits per heavy atom. The van der Waals surface area contributed by atoms with Crippen molar-refractivity contribution < 1.29 is 9.59 Å². The highest BCUT2D eigenvalue weighted by molar-refractivity contribution is 7.82. The second-order valence-corrected chi connectivity index (χ2v) is 6.34. The zero-order valence-corrected chi connectivity index (χ0v) is 11.4. The fourth-order valence-corrected chi connectivity index (χ4v) is 2.83. The van der Waals surface area contributed by atoms with Gasteiger partial charge in [0.25, 0.3) is 0 Å². The molecule has 2 saturated heterocycles. The average molecular weight is 256 g/mol. The maximum absolute atomic E-state index is 11.9. The van der Waals surface area contributed by atoms with Gasteiger partial charge in [-0.15, -0.1) is 0 Å². The fraction of sp³-hybridized carbons (Fsp3) is 0.833. The Morgan fingerprint density at radius 2 is 2.12 bits per heavy atom. The van der Waals surface area contributed by atoms with E-state index in [-0.39, 0.29) is 17.7 Å². The predicted molar refractivity (Wildman–Crippen MR) is 68.9 cm³/mol. The standard InChI is InChI=1S/C12H20N2O2S/c1-12(17)5-8-14(11(12)16)7-4-9-3-6-13(2)10(9)15/h9,17H,3-8H2,1-2H3. The van der Waals surface area contributed by atoms with Gasteiger partial charge >= 0.3 is 0 Å². The first-order valence-electron chi connectivity index (χ1n) is 6.18. The minimum absolute atomic E-state index is 0.111. The summed E-state index contributed by atoms with van der Waals surface area (Å²) in [5, 5.41) is 0. The monoisotopic (exact) mass is 256 g/mol. The van der Waals surface area contributed by atoms with Crippen molar-refractivity contribution in [2.24, 2.45) is 5.92 Å². The molecule has 2 heterocycles. The van der Waals surface area contributed by atoms with E-state index in [9.17, 15) is 9.59 Å². The van der Waals surface area contributed by atoms with Gasteiger partial charge in [0.05, 0.1) is 4.75 Å². The van der Waals surface area contributed by atoms with E-state index < -0.39 is 4.75 Å². The molecule has 2 unspecified atom stereocenters. The molecule has 0 aromatic rings. The summed E-state index contributed by atoms with van der Waals surface area (Å²) in [6.45, 7) is 4.18. The van der Waals surface area contributed by atoms with Gasteiger partial charge in [-0.05, 0) is 26.2 Å². The van der Waals surface area contributed by atoms with Crippen molar-refractivity contribution in [3.05, 3.63) is 0 Å². The van der Waals surface area contributed by atoms with Crippen LogP contribution >= 0.6 is 12.6 Å². The number of hydrogen-bond acceptors (Lipinski definition) is 3. The Balaban J connectivity index is 1.84. The molecule has 0 saturated carbocycles. The molecule has 2 aliphatic rings. The van der Waals surface area contributed by atoms with Crippen molar-refractivity contribution in [2.45, 2.75) is 30.9 Å². The molecule has 17 heavy (non-hydrogen) atoms. The second kappa shape index (κ2) is 4.52. The van der Waals surface area contributed by atoms with E-state index in [1.54, 1.807) is 4.90 Å². The van der Waals surface area contributed by atoms with Crippen LogP contribution in [0.4, 0.5) is 0 Å². The summed E-state index contributed by atoms with van der Waals surface area (Å²) in [5.41, 5.74) is 0. The number of rotatable bonds is 3. The summed E-state index contributed by atoms with van der Waals surface area (Å²) in [6, 6.07) is 0. The zero-order chi connectivity index (χ0) is 12.6. The van der Waals surface area contributed by atoms with Gasteiger partial charge in [0, 0.05) is 32.6 Å². The Labute approximate surface area is 108 Å². The Morgan fingerprint density at radius 1 is 1.41 bits per heavy atom. The van der Waals surface area contributed by atoms with Gasteiger partial charge in [-0.2, -0.15) is 12.6 Å². The van der Waals surface area contributed by atoms with Crippen LogP contribution in [0.25, 0.3) is 0 Å². The van der Waals surface area contributed by atoms with Crippen LogP contribution < -0.4 is 0 Å². The van der Waals surface area contributed by atoms with Gasteiger partial charge < -0.3 is 9.80 Å². The summed E-state index contributed by atoms with van der Waals surface area (Å²) in [6.07, 6.45) is 2.52. The first kappa shape index (κ1) is 12.7. The van der Waals surface area contributed by atoms with Crippen LogP contribution in [0, 0.1) is 5.92 Å². The zero-order valence-electron chi connectivity index (χ0n) is 10.5. The molecule has 0 aromatic heterocycles. The summed E-state index contributed by atoms with van der Waals surface area (Å²) in [7, 11) is 1.84.